The summed E-state index contributed by atoms with van der Waals surface area (Å²) in [6.45, 7) is 5.75. The summed E-state index contributed by atoms with van der Waals surface area (Å²) < 4.78 is 0. The van der Waals surface area contributed by atoms with E-state index in [9.17, 15) is 0 Å². The van der Waals surface area contributed by atoms with Crippen LogP contribution in [0.2, 0.25) is 5.02 Å². The lowest BCUT2D eigenvalue weighted by atomic mass is 10.0. The maximum absolute atomic E-state index is 6.06. The molecule has 3 aromatic carbocycles. The molecule has 1 aliphatic heterocycles. The second-order valence-electron chi connectivity index (χ2n) is 7.95. The third-order valence-corrected chi connectivity index (χ3v) is 6.10. The highest BCUT2D eigenvalue weighted by molar-refractivity contribution is 6.30. The number of halogens is 1. The van der Waals surface area contributed by atoms with Crippen molar-refractivity contribution in [3.05, 3.63) is 77.3 Å². The third-order valence-electron chi connectivity index (χ3n) is 5.85. The zero-order valence-electron chi connectivity index (χ0n) is 17.4. The number of aryl methyl sites for hydroxylation is 1. The van der Waals surface area contributed by atoms with Crippen LogP contribution in [0.4, 0.5) is 17.5 Å². The van der Waals surface area contributed by atoms with Crippen LogP contribution in [0, 0.1) is 6.92 Å². The number of rotatable bonds is 3. The highest BCUT2D eigenvalue weighted by atomic mass is 35.5. The topological polar surface area (TPSA) is 58.3 Å². The van der Waals surface area contributed by atoms with Crippen LogP contribution in [-0.4, -0.2) is 36.1 Å². The largest absolute Gasteiger partial charge is 0.368 e. The van der Waals surface area contributed by atoms with E-state index in [1.807, 2.05) is 30.3 Å². The molecule has 2 heterocycles. The molecule has 0 unspecified atom stereocenters. The lowest BCUT2D eigenvalue weighted by Crippen LogP contribution is -2.47. The molecule has 1 fully saturated rings. The number of nitrogens with two attached hydrogens (primary N) is 1. The first-order chi connectivity index (χ1) is 15.1. The first kappa shape index (κ1) is 19.6. The Bertz CT molecular complexity index is 1210. The second-order valence-corrected chi connectivity index (χ2v) is 8.39. The van der Waals surface area contributed by atoms with Gasteiger partial charge >= 0.3 is 0 Å². The number of fused-ring (bicyclic) bond motifs is 1. The molecule has 5 rings (SSSR count). The van der Waals surface area contributed by atoms with Crippen molar-refractivity contribution in [1.82, 2.24) is 9.97 Å². The van der Waals surface area contributed by atoms with E-state index in [0.717, 1.165) is 59.0 Å². The van der Waals surface area contributed by atoms with Crippen molar-refractivity contribution in [2.45, 2.75) is 6.92 Å². The van der Waals surface area contributed by atoms with Gasteiger partial charge in [0.15, 0.2) is 0 Å². The SMILES string of the molecule is Cc1ccc(N2CCN(c3nc(N)nc4ccc(-c5ccc(Cl)cc5)cc34)CC2)cc1. The minimum atomic E-state index is 0.308. The van der Waals surface area contributed by atoms with Gasteiger partial charge in [0.05, 0.1) is 5.52 Å². The van der Waals surface area contributed by atoms with Crippen LogP contribution in [0.3, 0.4) is 0 Å². The van der Waals surface area contributed by atoms with Crippen LogP contribution in [0.15, 0.2) is 66.7 Å². The van der Waals surface area contributed by atoms with Gasteiger partial charge in [-0.2, -0.15) is 4.98 Å². The monoisotopic (exact) mass is 429 g/mol. The van der Waals surface area contributed by atoms with Crippen molar-refractivity contribution in [1.29, 1.82) is 0 Å². The highest BCUT2D eigenvalue weighted by Crippen LogP contribution is 2.31. The van der Waals surface area contributed by atoms with E-state index in [1.54, 1.807) is 0 Å². The van der Waals surface area contributed by atoms with E-state index in [1.165, 1.54) is 11.3 Å². The fourth-order valence-corrected chi connectivity index (χ4v) is 4.25. The molecule has 1 aromatic heterocycles. The summed E-state index contributed by atoms with van der Waals surface area (Å²) in [6, 6.07) is 22.8. The molecule has 0 saturated carbocycles. The van der Waals surface area contributed by atoms with Crippen molar-refractivity contribution in [2.24, 2.45) is 0 Å². The summed E-state index contributed by atoms with van der Waals surface area (Å²) in [6.07, 6.45) is 0. The van der Waals surface area contributed by atoms with Crippen LogP contribution >= 0.6 is 11.6 Å². The number of hydrogen-bond acceptors (Lipinski definition) is 5. The van der Waals surface area contributed by atoms with Gasteiger partial charge in [-0.25, -0.2) is 4.98 Å². The minimum absolute atomic E-state index is 0.308. The lowest BCUT2D eigenvalue weighted by Gasteiger charge is -2.37. The quantitative estimate of drug-likeness (QED) is 0.487. The summed E-state index contributed by atoms with van der Waals surface area (Å²) in [5, 5.41) is 1.75. The Labute approximate surface area is 187 Å². The zero-order valence-corrected chi connectivity index (χ0v) is 18.2. The molecule has 0 spiro atoms. The Balaban J connectivity index is 1.45. The number of hydrogen-bond donors (Lipinski definition) is 1. The molecule has 0 amide bonds. The van der Waals surface area contributed by atoms with Gasteiger partial charge in [-0.05, 0) is 54.4 Å². The maximum Gasteiger partial charge on any atom is 0.222 e. The van der Waals surface area contributed by atoms with E-state index >= 15 is 0 Å². The van der Waals surface area contributed by atoms with Crippen LogP contribution in [0.25, 0.3) is 22.0 Å². The predicted molar refractivity (Wildman–Crippen MR) is 130 cm³/mol. The van der Waals surface area contributed by atoms with Crippen molar-refractivity contribution < 1.29 is 0 Å². The lowest BCUT2D eigenvalue weighted by molar-refractivity contribution is 0.649. The number of nitrogen functional groups attached to an aromatic ring is 1. The summed E-state index contributed by atoms with van der Waals surface area (Å²) in [5.74, 6) is 1.21. The Morgan fingerprint density at radius 2 is 1.42 bits per heavy atom. The molecule has 2 N–H and O–H groups in total. The average Bonchev–Trinajstić information content (AvgIpc) is 2.79. The highest BCUT2D eigenvalue weighted by Gasteiger charge is 2.21. The summed E-state index contributed by atoms with van der Waals surface area (Å²) in [4.78, 5) is 13.8. The van der Waals surface area contributed by atoms with Gasteiger partial charge in [0, 0.05) is 42.3 Å². The molecule has 1 saturated heterocycles. The molecule has 156 valence electrons. The van der Waals surface area contributed by atoms with Gasteiger partial charge in [0.1, 0.15) is 5.82 Å². The van der Waals surface area contributed by atoms with Crippen LogP contribution in [0.1, 0.15) is 5.56 Å². The number of benzene rings is 3. The molecule has 0 bridgehead atoms. The molecule has 31 heavy (non-hydrogen) atoms. The van der Waals surface area contributed by atoms with Gasteiger partial charge in [-0.1, -0.05) is 47.5 Å². The van der Waals surface area contributed by atoms with E-state index in [0.29, 0.717) is 5.95 Å². The molecule has 0 aliphatic carbocycles. The van der Waals surface area contributed by atoms with Gasteiger partial charge in [0.2, 0.25) is 5.95 Å². The fourth-order valence-electron chi connectivity index (χ4n) is 4.12. The van der Waals surface area contributed by atoms with Crippen molar-refractivity contribution in [2.75, 3.05) is 41.7 Å². The molecule has 4 aromatic rings. The first-order valence-corrected chi connectivity index (χ1v) is 10.8. The maximum atomic E-state index is 6.06. The normalized spacial score (nSPS) is 14.3. The van der Waals surface area contributed by atoms with Gasteiger partial charge in [0.25, 0.3) is 0 Å². The molecule has 6 heteroatoms. The molecule has 0 atom stereocenters. The Kier molecular flexibility index (Phi) is 5.12. The average molecular weight is 430 g/mol. The third kappa shape index (κ3) is 4.01. The summed E-state index contributed by atoms with van der Waals surface area (Å²) in [7, 11) is 0. The molecular weight excluding hydrogens is 406 g/mol. The van der Waals surface area contributed by atoms with Crippen LogP contribution < -0.4 is 15.5 Å². The fraction of sp³-hybridized carbons (Fsp3) is 0.200. The molecule has 0 radical (unpaired) electrons. The van der Waals surface area contributed by atoms with E-state index in [2.05, 4.69) is 63.1 Å². The molecule has 5 nitrogen and oxygen atoms in total. The Morgan fingerprint density at radius 3 is 2.13 bits per heavy atom. The van der Waals surface area contributed by atoms with E-state index < -0.39 is 0 Å². The first-order valence-electron chi connectivity index (χ1n) is 10.5. The standard InChI is InChI=1S/C25H24ClN5/c1-17-2-9-21(10-3-17)30-12-14-31(15-13-30)24-22-16-19(18-4-7-20(26)8-5-18)6-11-23(22)28-25(27)29-24/h2-11,16H,12-15H2,1H3,(H2,27,28,29). The number of piperazine rings is 1. The van der Waals surface area contributed by atoms with Gasteiger partial charge in [-0.15, -0.1) is 0 Å². The number of aromatic nitrogens is 2. The molecule has 1 aliphatic rings. The minimum Gasteiger partial charge on any atom is -0.368 e. The number of nitrogens with zero attached hydrogens (tertiary/aromatic N) is 4. The Morgan fingerprint density at radius 1 is 0.774 bits per heavy atom. The Hall–Kier alpha value is -3.31. The van der Waals surface area contributed by atoms with Gasteiger partial charge < -0.3 is 15.5 Å². The molecular formula is C25H24ClN5. The zero-order chi connectivity index (χ0) is 21.4. The smallest absolute Gasteiger partial charge is 0.222 e. The number of anilines is 3. The van der Waals surface area contributed by atoms with Crippen molar-refractivity contribution >= 4 is 40.0 Å². The van der Waals surface area contributed by atoms with Crippen molar-refractivity contribution in [3.63, 3.8) is 0 Å². The van der Waals surface area contributed by atoms with Crippen LogP contribution in [0.5, 0.6) is 0 Å². The summed E-state index contributed by atoms with van der Waals surface area (Å²) in [5.41, 5.74) is 11.7. The van der Waals surface area contributed by atoms with Crippen LogP contribution in [-0.2, 0) is 0 Å². The van der Waals surface area contributed by atoms with Gasteiger partial charge in [-0.3, -0.25) is 0 Å². The predicted octanol–water partition coefficient (Wildman–Crippen LogP) is 5.17. The van der Waals surface area contributed by atoms with E-state index in [-0.39, 0.29) is 0 Å². The van der Waals surface area contributed by atoms with E-state index in [4.69, 9.17) is 17.3 Å². The summed E-state index contributed by atoms with van der Waals surface area (Å²) >= 11 is 6.06. The second kappa shape index (κ2) is 8.08. The van der Waals surface area contributed by atoms with Crippen molar-refractivity contribution in [3.8, 4) is 11.1 Å².